The fourth-order valence-corrected chi connectivity index (χ4v) is 3.63. The number of carboxylic acids is 1. The summed E-state index contributed by atoms with van der Waals surface area (Å²) in [5.74, 6) is -1.34. The maximum Gasteiger partial charge on any atom is 0.335 e. The van der Waals surface area contributed by atoms with E-state index in [0.29, 0.717) is 22.6 Å². The molecule has 1 heterocycles. The maximum atomic E-state index is 12.3. The van der Waals surface area contributed by atoms with E-state index in [1.165, 1.54) is 18.2 Å². The van der Waals surface area contributed by atoms with Crippen molar-refractivity contribution in [1.82, 2.24) is 0 Å². The summed E-state index contributed by atoms with van der Waals surface area (Å²) in [6.45, 7) is -0.0697. The first kappa shape index (κ1) is 17.8. The number of aromatic carboxylic acids is 1. The molecule has 3 rings (SSSR count). The Balaban J connectivity index is 1.67. The van der Waals surface area contributed by atoms with Crippen LogP contribution in [0.3, 0.4) is 0 Å². The topological polar surface area (TPSA) is 110 Å². The summed E-state index contributed by atoms with van der Waals surface area (Å²) < 4.78 is 17.5. The van der Waals surface area contributed by atoms with E-state index in [2.05, 4.69) is 5.32 Å². The molecule has 1 atom stereocenters. The van der Waals surface area contributed by atoms with Crippen molar-refractivity contribution in [2.75, 3.05) is 17.7 Å². The van der Waals surface area contributed by atoms with Gasteiger partial charge in [-0.05, 0) is 35.9 Å². The Kier molecular flexibility index (Phi) is 5.13. The molecule has 2 aromatic rings. The van der Waals surface area contributed by atoms with Gasteiger partial charge in [0.2, 0.25) is 0 Å². The van der Waals surface area contributed by atoms with Crippen molar-refractivity contribution in [2.45, 2.75) is 5.75 Å². The smallest absolute Gasteiger partial charge is 0.335 e. The Hall–Kier alpha value is -3.00. The van der Waals surface area contributed by atoms with Crippen LogP contribution in [0.15, 0.2) is 42.5 Å². The van der Waals surface area contributed by atoms with Crippen molar-refractivity contribution >= 4 is 34.1 Å². The van der Waals surface area contributed by atoms with Crippen LogP contribution in [0.2, 0.25) is 0 Å². The maximum absolute atomic E-state index is 12.3. The third kappa shape index (κ3) is 4.15. The Morgan fingerprint density at radius 3 is 2.73 bits per heavy atom. The van der Waals surface area contributed by atoms with Crippen LogP contribution in [-0.4, -0.2) is 39.3 Å². The number of fused-ring (bicyclic) bond motifs is 1. The summed E-state index contributed by atoms with van der Waals surface area (Å²) in [5.41, 5.74) is 1.42. The third-order valence-corrected chi connectivity index (χ3v) is 4.97. The Bertz CT molecular complexity index is 924. The Morgan fingerprint density at radius 1 is 1.15 bits per heavy atom. The minimum absolute atomic E-state index is 0.0697. The van der Waals surface area contributed by atoms with Gasteiger partial charge in [-0.3, -0.25) is 13.8 Å². The zero-order chi connectivity index (χ0) is 18.7. The first-order valence-corrected chi connectivity index (χ1v) is 9.18. The van der Waals surface area contributed by atoms with E-state index < -0.39 is 16.8 Å². The van der Waals surface area contributed by atoms with Gasteiger partial charge in [-0.25, -0.2) is 4.79 Å². The van der Waals surface area contributed by atoms with Gasteiger partial charge < -0.3 is 15.2 Å². The van der Waals surface area contributed by atoms with Crippen molar-refractivity contribution in [3.05, 3.63) is 59.2 Å². The highest BCUT2D eigenvalue weighted by Crippen LogP contribution is 2.28. The monoisotopic (exact) mass is 373 g/mol. The summed E-state index contributed by atoms with van der Waals surface area (Å²) in [6, 6.07) is 10.8. The molecular weight excluding hydrogens is 358 g/mol. The number of carboxylic acid groups (broad SMARTS) is 1. The molecule has 0 spiro atoms. The number of anilines is 1. The summed E-state index contributed by atoms with van der Waals surface area (Å²) in [4.78, 5) is 34.7. The summed E-state index contributed by atoms with van der Waals surface area (Å²) in [7, 11) is -1.49. The van der Waals surface area contributed by atoms with Gasteiger partial charge in [0.15, 0.2) is 12.4 Å². The van der Waals surface area contributed by atoms with Crippen LogP contribution >= 0.6 is 0 Å². The van der Waals surface area contributed by atoms with E-state index in [9.17, 15) is 18.6 Å². The number of ether oxygens (including phenoxy) is 1. The normalized spacial score (nSPS) is 13.9. The number of Topliss-reactive ketones (excluding diaryl/α,β-unsaturated/α-hetero) is 1. The fourth-order valence-electron chi connectivity index (χ4n) is 2.52. The zero-order valence-corrected chi connectivity index (χ0v) is 14.4. The number of benzene rings is 2. The minimum atomic E-state index is -1.49. The van der Waals surface area contributed by atoms with Crippen molar-refractivity contribution in [3.8, 4) is 5.75 Å². The molecule has 2 aromatic carbocycles. The van der Waals surface area contributed by atoms with Crippen LogP contribution in [0, 0.1) is 0 Å². The molecule has 1 amide bonds. The summed E-state index contributed by atoms with van der Waals surface area (Å²) >= 11 is 0. The number of ketones is 1. The number of amides is 1. The molecular formula is C18H15NO6S. The molecule has 0 radical (unpaired) electrons. The van der Waals surface area contributed by atoms with E-state index in [-0.39, 0.29) is 35.4 Å². The second-order valence-corrected chi connectivity index (χ2v) is 7.16. The summed E-state index contributed by atoms with van der Waals surface area (Å²) in [5, 5.41) is 11.6. The molecule has 1 aliphatic heterocycles. The second-order valence-electron chi connectivity index (χ2n) is 5.70. The number of hydrogen-bond donors (Lipinski definition) is 2. The van der Waals surface area contributed by atoms with Crippen molar-refractivity contribution in [2.24, 2.45) is 0 Å². The Labute approximate surface area is 151 Å². The van der Waals surface area contributed by atoms with Crippen LogP contribution in [0.1, 0.15) is 26.3 Å². The average Bonchev–Trinajstić information content (AvgIpc) is 2.61. The molecule has 0 aromatic heterocycles. The number of nitrogens with one attached hydrogen (secondary N) is 1. The minimum Gasteiger partial charge on any atom is -0.482 e. The molecule has 7 nitrogen and oxygen atoms in total. The highest BCUT2D eigenvalue weighted by atomic mass is 32.2. The SMILES string of the molecule is O=C1COc2ccc(C(=O)CS(=O)Cc3cccc(C(=O)O)c3)cc2N1. The molecule has 26 heavy (non-hydrogen) atoms. The lowest BCUT2D eigenvalue weighted by atomic mass is 10.1. The van der Waals surface area contributed by atoms with Crippen LogP contribution < -0.4 is 10.1 Å². The van der Waals surface area contributed by atoms with Crippen LogP contribution in [0.25, 0.3) is 0 Å². The number of hydrogen-bond acceptors (Lipinski definition) is 5. The quantitative estimate of drug-likeness (QED) is 0.748. The van der Waals surface area contributed by atoms with Gasteiger partial charge in [0, 0.05) is 22.1 Å². The summed E-state index contributed by atoms with van der Waals surface area (Å²) in [6.07, 6.45) is 0. The van der Waals surface area contributed by atoms with E-state index in [0.717, 1.165) is 0 Å². The first-order chi connectivity index (χ1) is 12.4. The first-order valence-electron chi connectivity index (χ1n) is 7.69. The van der Waals surface area contributed by atoms with Crippen LogP contribution in [-0.2, 0) is 21.3 Å². The van der Waals surface area contributed by atoms with Gasteiger partial charge in [-0.1, -0.05) is 12.1 Å². The molecule has 1 aliphatic rings. The standard InChI is InChI=1S/C18H15NO6S/c20-15(12-4-5-16-14(7-12)19-17(21)8-25-16)10-26(24)9-11-2-1-3-13(6-11)18(22)23/h1-7H,8-10H2,(H,19,21)(H,22,23). The predicted octanol–water partition coefficient (Wildman–Crippen LogP) is 1.85. The predicted molar refractivity (Wildman–Crippen MR) is 95.0 cm³/mol. The lowest BCUT2D eigenvalue weighted by Gasteiger charge is -2.18. The fraction of sp³-hybridized carbons (Fsp3) is 0.167. The van der Waals surface area contributed by atoms with E-state index in [1.54, 1.807) is 24.3 Å². The molecule has 0 saturated carbocycles. The average molecular weight is 373 g/mol. The molecule has 0 fully saturated rings. The number of carbonyl (C=O) groups excluding carboxylic acids is 2. The largest absolute Gasteiger partial charge is 0.482 e. The highest BCUT2D eigenvalue weighted by molar-refractivity contribution is 7.85. The van der Waals surface area contributed by atoms with Gasteiger partial charge in [-0.15, -0.1) is 0 Å². The van der Waals surface area contributed by atoms with Crippen molar-refractivity contribution < 1.29 is 28.4 Å². The molecule has 2 N–H and O–H groups in total. The highest BCUT2D eigenvalue weighted by Gasteiger charge is 2.19. The molecule has 0 bridgehead atoms. The lowest BCUT2D eigenvalue weighted by Crippen LogP contribution is -2.25. The van der Waals surface area contributed by atoms with E-state index >= 15 is 0 Å². The van der Waals surface area contributed by atoms with Crippen LogP contribution in [0.4, 0.5) is 5.69 Å². The number of carbonyl (C=O) groups is 3. The van der Waals surface area contributed by atoms with Gasteiger partial charge in [0.25, 0.3) is 5.91 Å². The van der Waals surface area contributed by atoms with Gasteiger partial charge in [0.1, 0.15) is 5.75 Å². The molecule has 134 valence electrons. The second kappa shape index (κ2) is 7.49. The van der Waals surface area contributed by atoms with Crippen molar-refractivity contribution in [3.63, 3.8) is 0 Å². The van der Waals surface area contributed by atoms with Gasteiger partial charge >= 0.3 is 5.97 Å². The molecule has 1 unspecified atom stereocenters. The lowest BCUT2D eigenvalue weighted by molar-refractivity contribution is -0.118. The zero-order valence-electron chi connectivity index (χ0n) is 13.6. The van der Waals surface area contributed by atoms with Crippen LogP contribution in [0.5, 0.6) is 5.75 Å². The van der Waals surface area contributed by atoms with E-state index in [4.69, 9.17) is 9.84 Å². The third-order valence-electron chi connectivity index (χ3n) is 3.73. The Morgan fingerprint density at radius 2 is 1.96 bits per heavy atom. The number of rotatable bonds is 6. The van der Waals surface area contributed by atoms with E-state index in [1.807, 2.05) is 0 Å². The van der Waals surface area contributed by atoms with Gasteiger partial charge in [-0.2, -0.15) is 0 Å². The van der Waals surface area contributed by atoms with Gasteiger partial charge in [0.05, 0.1) is 17.0 Å². The molecule has 8 heteroatoms. The molecule has 0 saturated heterocycles. The molecule has 0 aliphatic carbocycles. The van der Waals surface area contributed by atoms with Crippen molar-refractivity contribution in [1.29, 1.82) is 0 Å².